The van der Waals surface area contributed by atoms with Gasteiger partial charge in [-0.2, -0.15) is 0 Å². The van der Waals surface area contributed by atoms with Gasteiger partial charge in [-0.3, -0.25) is 0 Å². The fourth-order valence-electron chi connectivity index (χ4n) is 1.73. The quantitative estimate of drug-likeness (QED) is 0.905. The van der Waals surface area contributed by atoms with Crippen molar-refractivity contribution in [3.63, 3.8) is 0 Å². The summed E-state index contributed by atoms with van der Waals surface area (Å²) in [6.45, 7) is 5.11. The average molecular weight is 268 g/mol. The Bertz CT molecular complexity index is 517. The van der Waals surface area contributed by atoms with Gasteiger partial charge in [-0.25, -0.2) is 9.37 Å². The number of nitrogens with zero attached hydrogens (tertiary/aromatic N) is 2. The lowest BCUT2D eigenvalue weighted by Gasteiger charge is -2.12. The molecule has 1 aromatic carbocycles. The van der Waals surface area contributed by atoms with Crippen molar-refractivity contribution < 1.29 is 4.39 Å². The minimum Gasteiger partial charge on any atom is -0.325 e. The highest BCUT2D eigenvalue weighted by atomic mass is 35.5. The summed E-state index contributed by atoms with van der Waals surface area (Å²) in [5.74, 6) is 0.827. The van der Waals surface area contributed by atoms with Crippen LogP contribution in [0, 0.1) is 11.7 Å². The van der Waals surface area contributed by atoms with E-state index in [4.69, 9.17) is 11.6 Å². The molecule has 0 atom stereocenters. The molecular weight excluding hydrogens is 253 g/mol. The van der Waals surface area contributed by atoms with Crippen LogP contribution in [0.1, 0.15) is 13.8 Å². The molecule has 0 amide bonds. The Balaban J connectivity index is 2.20. The van der Waals surface area contributed by atoms with E-state index in [9.17, 15) is 4.39 Å². The van der Waals surface area contributed by atoms with Gasteiger partial charge in [0, 0.05) is 29.6 Å². The molecule has 1 heterocycles. The zero-order chi connectivity index (χ0) is 13.1. The zero-order valence-electron chi connectivity index (χ0n) is 10.3. The number of imidazole rings is 1. The first kappa shape index (κ1) is 12.9. The van der Waals surface area contributed by atoms with Crippen LogP contribution in [0.3, 0.4) is 0 Å². The average Bonchev–Trinajstić information content (AvgIpc) is 2.63. The van der Waals surface area contributed by atoms with Gasteiger partial charge in [0.05, 0.1) is 0 Å². The smallest absolute Gasteiger partial charge is 0.207 e. The number of aromatic nitrogens is 2. The van der Waals surface area contributed by atoms with Crippen LogP contribution in [0.5, 0.6) is 0 Å². The first-order chi connectivity index (χ1) is 8.54. The van der Waals surface area contributed by atoms with E-state index in [2.05, 4.69) is 24.1 Å². The normalized spacial score (nSPS) is 10.9. The summed E-state index contributed by atoms with van der Waals surface area (Å²) in [5.41, 5.74) is 0.594. The molecule has 0 aliphatic heterocycles. The Hall–Kier alpha value is -1.55. The summed E-state index contributed by atoms with van der Waals surface area (Å²) in [5, 5.41) is 3.43. The molecule has 2 rings (SSSR count). The molecule has 0 fully saturated rings. The second kappa shape index (κ2) is 5.40. The van der Waals surface area contributed by atoms with Gasteiger partial charge in [0.2, 0.25) is 5.95 Å². The maximum atomic E-state index is 13.2. The van der Waals surface area contributed by atoms with Crippen molar-refractivity contribution in [1.82, 2.24) is 9.55 Å². The molecule has 1 N–H and O–H groups in total. The highest BCUT2D eigenvalue weighted by molar-refractivity contribution is 6.30. The maximum absolute atomic E-state index is 13.2. The SMILES string of the molecule is CC(C)Cn1ccnc1Nc1cc(F)cc(Cl)c1. The monoisotopic (exact) mass is 267 g/mol. The van der Waals surface area contributed by atoms with E-state index in [1.54, 1.807) is 12.3 Å². The van der Waals surface area contributed by atoms with Crippen LogP contribution in [0.4, 0.5) is 16.0 Å². The lowest BCUT2D eigenvalue weighted by Crippen LogP contribution is -2.07. The summed E-state index contributed by atoms with van der Waals surface area (Å²) in [6.07, 6.45) is 3.61. The van der Waals surface area contributed by atoms with Gasteiger partial charge < -0.3 is 9.88 Å². The van der Waals surface area contributed by atoms with E-state index < -0.39 is 0 Å². The summed E-state index contributed by atoms with van der Waals surface area (Å²) >= 11 is 5.81. The Morgan fingerprint density at radius 2 is 2.17 bits per heavy atom. The highest BCUT2D eigenvalue weighted by Gasteiger charge is 2.06. The fourth-order valence-corrected chi connectivity index (χ4v) is 1.95. The molecule has 18 heavy (non-hydrogen) atoms. The largest absolute Gasteiger partial charge is 0.325 e. The van der Waals surface area contributed by atoms with Crippen molar-refractivity contribution in [2.24, 2.45) is 5.92 Å². The van der Waals surface area contributed by atoms with Gasteiger partial charge in [0.15, 0.2) is 0 Å². The van der Waals surface area contributed by atoms with Crippen molar-refractivity contribution in [2.45, 2.75) is 20.4 Å². The van der Waals surface area contributed by atoms with Crippen LogP contribution in [-0.4, -0.2) is 9.55 Å². The van der Waals surface area contributed by atoms with Crippen molar-refractivity contribution >= 4 is 23.2 Å². The number of rotatable bonds is 4. The summed E-state index contributed by atoms with van der Waals surface area (Å²) in [7, 11) is 0. The Morgan fingerprint density at radius 3 is 2.83 bits per heavy atom. The van der Waals surface area contributed by atoms with E-state index >= 15 is 0 Å². The van der Waals surface area contributed by atoms with E-state index in [0.29, 0.717) is 22.6 Å². The second-order valence-electron chi connectivity index (χ2n) is 4.58. The molecule has 0 saturated heterocycles. The zero-order valence-corrected chi connectivity index (χ0v) is 11.1. The maximum Gasteiger partial charge on any atom is 0.207 e. The molecule has 2 aromatic rings. The molecular formula is C13H15ClFN3. The van der Waals surface area contributed by atoms with Crippen molar-refractivity contribution in [1.29, 1.82) is 0 Å². The molecule has 0 saturated carbocycles. The molecule has 0 aliphatic carbocycles. The standard InChI is InChI=1S/C13H15ClFN3/c1-9(2)8-18-4-3-16-13(18)17-12-6-10(14)5-11(15)7-12/h3-7,9H,8H2,1-2H3,(H,16,17). The lowest BCUT2D eigenvalue weighted by molar-refractivity contribution is 0.527. The van der Waals surface area contributed by atoms with Crippen LogP contribution in [0.15, 0.2) is 30.6 Å². The Kier molecular flexibility index (Phi) is 3.87. The summed E-state index contributed by atoms with van der Waals surface area (Å²) in [6, 6.07) is 4.33. The molecule has 5 heteroatoms. The fraction of sp³-hybridized carbons (Fsp3) is 0.308. The molecule has 3 nitrogen and oxygen atoms in total. The highest BCUT2D eigenvalue weighted by Crippen LogP contribution is 2.21. The summed E-state index contributed by atoms with van der Waals surface area (Å²) in [4.78, 5) is 4.21. The molecule has 0 radical (unpaired) electrons. The van der Waals surface area contributed by atoms with Crippen LogP contribution in [0.25, 0.3) is 0 Å². The summed E-state index contributed by atoms with van der Waals surface area (Å²) < 4.78 is 15.2. The molecule has 0 spiro atoms. The number of hydrogen-bond acceptors (Lipinski definition) is 2. The third-order valence-corrected chi connectivity index (χ3v) is 2.61. The minimum absolute atomic E-state index is 0.361. The van der Waals surface area contributed by atoms with Crippen molar-refractivity contribution in [2.75, 3.05) is 5.32 Å². The molecule has 96 valence electrons. The first-order valence-electron chi connectivity index (χ1n) is 5.79. The molecule has 0 aliphatic rings. The minimum atomic E-state index is -0.369. The van der Waals surface area contributed by atoms with Crippen molar-refractivity contribution in [3.8, 4) is 0 Å². The van der Waals surface area contributed by atoms with E-state index in [0.717, 1.165) is 6.54 Å². The van der Waals surface area contributed by atoms with E-state index in [1.165, 1.54) is 12.1 Å². The van der Waals surface area contributed by atoms with Crippen molar-refractivity contribution in [3.05, 3.63) is 41.4 Å². The van der Waals surface area contributed by atoms with Gasteiger partial charge >= 0.3 is 0 Å². The number of anilines is 2. The Morgan fingerprint density at radius 1 is 1.39 bits per heavy atom. The molecule has 0 bridgehead atoms. The number of hydrogen-bond donors (Lipinski definition) is 1. The van der Waals surface area contributed by atoms with Crippen LogP contribution < -0.4 is 5.32 Å². The second-order valence-corrected chi connectivity index (χ2v) is 5.02. The first-order valence-corrected chi connectivity index (χ1v) is 6.16. The Labute approximate surface area is 111 Å². The van der Waals surface area contributed by atoms with Gasteiger partial charge in [0.25, 0.3) is 0 Å². The van der Waals surface area contributed by atoms with Crippen LogP contribution in [-0.2, 0) is 6.54 Å². The molecule has 1 aromatic heterocycles. The topological polar surface area (TPSA) is 29.9 Å². The lowest BCUT2D eigenvalue weighted by atomic mass is 10.2. The van der Waals surface area contributed by atoms with Gasteiger partial charge in [-0.05, 0) is 24.1 Å². The number of benzene rings is 1. The third kappa shape index (κ3) is 3.23. The molecule has 0 unspecified atom stereocenters. The predicted octanol–water partition coefficient (Wildman–Crippen LogP) is 4.08. The van der Waals surface area contributed by atoms with E-state index in [1.807, 2.05) is 10.8 Å². The predicted molar refractivity (Wildman–Crippen MR) is 71.8 cm³/mol. The van der Waals surface area contributed by atoms with Gasteiger partial charge in [-0.1, -0.05) is 25.4 Å². The number of halogens is 2. The number of nitrogens with one attached hydrogen (secondary N) is 1. The third-order valence-electron chi connectivity index (χ3n) is 2.40. The van der Waals surface area contributed by atoms with Crippen LogP contribution >= 0.6 is 11.6 Å². The van der Waals surface area contributed by atoms with Crippen LogP contribution in [0.2, 0.25) is 5.02 Å². The van der Waals surface area contributed by atoms with Gasteiger partial charge in [-0.15, -0.1) is 0 Å². The van der Waals surface area contributed by atoms with E-state index in [-0.39, 0.29) is 5.82 Å². The van der Waals surface area contributed by atoms with Gasteiger partial charge in [0.1, 0.15) is 5.82 Å².